The lowest BCUT2D eigenvalue weighted by atomic mass is 10.1. The molecule has 1 heteroatoms. The van der Waals surface area contributed by atoms with E-state index in [2.05, 4.69) is 25.4 Å². The van der Waals surface area contributed by atoms with Gasteiger partial charge in [0.1, 0.15) is 0 Å². The highest BCUT2D eigenvalue weighted by Crippen LogP contribution is 2.19. The van der Waals surface area contributed by atoms with Crippen LogP contribution in [0.2, 0.25) is 5.54 Å². The summed E-state index contributed by atoms with van der Waals surface area (Å²) in [5, 5.41) is 0. The van der Waals surface area contributed by atoms with E-state index in [1.165, 1.54) is 12.8 Å². The molecule has 0 aliphatic rings. The zero-order chi connectivity index (χ0) is 9.23. The normalized spacial score (nSPS) is 10.8. The SMILES string of the molecule is C=CCCC(CCC=C)[SiH2]C=C. The molecule has 0 amide bonds. The third-order valence-electron chi connectivity index (χ3n) is 2.06. The Morgan fingerprint density at radius 2 is 1.50 bits per heavy atom. The average molecular weight is 180 g/mol. The summed E-state index contributed by atoms with van der Waals surface area (Å²) < 4.78 is 0. The molecular weight excluding hydrogens is 160 g/mol. The predicted octanol–water partition coefficient (Wildman–Crippen LogP) is 3.02. The number of hydrogen-bond acceptors (Lipinski definition) is 0. The molecule has 0 atom stereocenters. The van der Waals surface area contributed by atoms with Gasteiger partial charge in [0.2, 0.25) is 0 Å². The minimum atomic E-state index is -0.0366. The Labute approximate surface area is 78.9 Å². The van der Waals surface area contributed by atoms with Crippen LogP contribution in [0.15, 0.2) is 37.6 Å². The van der Waals surface area contributed by atoms with E-state index < -0.39 is 0 Å². The first-order valence-electron chi connectivity index (χ1n) is 4.67. The van der Waals surface area contributed by atoms with Crippen LogP contribution in [0.4, 0.5) is 0 Å². The van der Waals surface area contributed by atoms with Crippen molar-refractivity contribution in [1.29, 1.82) is 0 Å². The Bertz CT molecular complexity index is 126. The average Bonchev–Trinajstić information content (AvgIpc) is 2.10. The van der Waals surface area contributed by atoms with Gasteiger partial charge in [-0.1, -0.05) is 12.2 Å². The molecule has 12 heavy (non-hydrogen) atoms. The fourth-order valence-corrected chi connectivity index (χ4v) is 2.74. The van der Waals surface area contributed by atoms with Gasteiger partial charge in [-0.2, -0.15) is 0 Å². The van der Waals surface area contributed by atoms with E-state index in [0.717, 1.165) is 18.4 Å². The Hall–Kier alpha value is -0.563. The number of rotatable bonds is 8. The van der Waals surface area contributed by atoms with Crippen LogP contribution in [-0.4, -0.2) is 9.52 Å². The largest absolute Gasteiger partial charge is 0.108 e. The lowest BCUT2D eigenvalue weighted by Crippen LogP contribution is -2.00. The molecule has 0 saturated heterocycles. The Morgan fingerprint density at radius 1 is 1.00 bits per heavy atom. The van der Waals surface area contributed by atoms with Crippen LogP contribution in [0, 0.1) is 0 Å². The van der Waals surface area contributed by atoms with Crippen molar-refractivity contribution in [3.05, 3.63) is 37.6 Å². The molecule has 0 nitrogen and oxygen atoms in total. The lowest BCUT2D eigenvalue weighted by molar-refractivity contribution is 0.690. The molecule has 68 valence electrons. The summed E-state index contributed by atoms with van der Waals surface area (Å²) in [4.78, 5) is 0. The summed E-state index contributed by atoms with van der Waals surface area (Å²) in [6, 6.07) is 0. The third-order valence-corrected chi connectivity index (χ3v) is 3.87. The second-order valence-electron chi connectivity index (χ2n) is 3.12. The predicted molar refractivity (Wildman–Crippen MR) is 61.4 cm³/mol. The standard InChI is InChI=1S/C11H20Si/c1-4-7-9-11(12-6-3)10-8-5-2/h4-6,11H,1-3,7-10,12H2. The zero-order valence-corrected chi connectivity index (χ0v) is 9.38. The maximum absolute atomic E-state index is 3.83. The maximum Gasteiger partial charge on any atom is 0.0477 e. The molecule has 0 radical (unpaired) electrons. The van der Waals surface area contributed by atoms with Crippen LogP contribution in [-0.2, 0) is 0 Å². The fourth-order valence-electron chi connectivity index (χ4n) is 1.32. The summed E-state index contributed by atoms with van der Waals surface area (Å²) >= 11 is 0. The van der Waals surface area contributed by atoms with E-state index in [9.17, 15) is 0 Å². The van der Waals surface area contributed by atoms with Crippen LogP contribution in [0.1, 0.15) is 25.7 Å². The molecule has 0 unspecified atom stereocenters. The molecule has 0 rings (SSSR count). The van der Waals surface area contributed by atoms with Crippen LogP contribution in [0.3, 0.4) is 0 Å². The van der Waals surface area contributed by atoms with Crippen LogP contribution < -0.4 is 0 Å². The second kappa shape index (κ2) is 8.53. The Kier molecular flexibility index (Phi) is 8.13. The van der Waals surface area contributed by atoms with Crippen LogP contribution >= 0.6 is 0 Å². The van der Waals surface area contributed by atoms with E-state index in [0.29, 0.717) is 0 Å². The van der Waals surface area contributed by atoms with E-state index in [1.807, 2.05) is 12.2 Å². The lowest BCUT2D eigenvalue weighted by Gasteiger charge is -2.11. The van der Waals surface area contributed by atoms with Gasteiger partial charge in [0.25, 0.3) is 0 Å². The number of allylic oxidation sites excluding steroid dienone is 2. The molecule has 0 aromatic carbocycles. The topological polar surface area (TPSA) is 0 Å². The molecule has 0 aliphatic carbocycles. The highest BCUT2D eigenvalue weighted by molar-refractivity contribution is 6.43. The maximum atomic E-state index is 3.83. The Morgan fingerprint density at radius 3 is 1.83 bits per heavy atom. The van der Waals surface area contributed by atoms with Gasteiger partial charge >= 0.3 is 0 Å². The highest BCUT2D eigenvalue weighted by atomic mass is 28.2. The van der Waals surface area contributed by atoms with E-state index >= 15 is 0 Å². The molecule has 0 aromatic heterocycles. The van der Waals surface area contributed by atoms with Crippen molar-refractivity contribution in [3.8, 4) is 0 Å². The summed E-state index contributed by atoms with van der Waals surface area (Å²) in [6.45, 7) is 11.3. The van der Waals surface area contributed by atoms with Crippen molar-refractivity contribution >= 4 is 9.52 Å². The molecule has 0 saturated carbocycles. The van der Waals surface area contributed by atoms with E-state index in [4.69, 9.17) is 0 Å². The molecular formula is C11H20Si. The first kappa shape index (κ1) is 11.4. The second-order valence-corrected chi connectivity index (χ2v) is 5.33. The zero-order valence-electron chi connectivity index (χ0n) is 7.97. The molecule has 0 bridgehead atoms. The van der Waals surface area contributed by atoms with Gasteiger partial charge in [0, 0.05) is 9.52 Å². The van der Waals surface area contributed by atoms with Crippen molar-refractivity contribution in [2.75, 3.05) is 0 Å². The van der Waals surface area contributed by atoms with E-state index in [-0.39, 0.29) is 9.52 Å². The molecule has 0 spiro atoms. The Balaban J connectivity index is 3.59. The summed E-state index contributed by atoms with van der Waals surface area (Å²) in [5.74, 6) is 0. The van der Waals surface area contributed by atoms with Crippen molar-refractivity contribution in [3.63, 3.8) is 0 Å². The van der Waals surface area contributed by atoms with Gasteiger partial charge in [-0.3, -0.25) is 0 Å². The molecule has 0 aliphatic heterocycles. The van der Waals surface area contributed by atoms with Crippen molar-refractivity contribution in [2.24, 2.45) is 0 Å². The summed E-state index contributed by atoms with van der Waals surface area (Å²) in [7, 11) is -0.0366. The van der Waals surface area contributed by atoms with Crippen LogP contribution in [0.5, 0.6) is 0 Å². The fraction of sp³-hybridized carbons (Fsp3) is 0.455. The van der Waals surface area contributed by atoms with Crippen LogP contribution in [0.25, 0.3) is 0 Å². The van der Waals surface area contributed by atoms with Gasteiger partial charge in [-0.15, -0.1) is 25.4 Å². The number of hydrogen-bond donors (Lipinski definition) is 0. The monoisotopic (exact) mass is 180 g/mol. The molecule has 0 N–H and O–H groups in total. The van der Waals surface area contributed by atoms with Crippen molar-refractivity contribution in [1.82, 2.24) is 0 Å². The quantitative estimate of drug-likeness (QED) is 0.398. The smallest absolute Gasteiger partial charge is 0.0477 e. The van der Waals surface area contributed by atoms with Crippen molar-refractivity contribution < 1.29 is 0 Å². The highest BCUT2D eigenvalue weighted by Gasteiger charge is 2.04. The van der Waals surface area contributed by atoms with Gasteiger partial charge in [0.05, 0.1) is 0 Å². The van der Waals surface area contributed by atoms with E-state index in [1.54, 1.807) is 0 Å². The minimum Gasteiger partial charge on any atom is -0.108 e. The van der Waals surface area contributed by atoms with Gasteiger partial charge in [-0.05, 0) is 31.2 Å². The minimum absolute atomic E-state index is 0.0366. The summed E-state index contributed by atoms with van der Waals surface area (Å²) in [6.07, 6.45) is 8.94. The molecule has 0 fully saturated rings. The van der Waals surface area contributed by atoms with Gasteiger partial charge in [-0.25, -0.2) is 0 Å². The molecule has 0 heterocycles. The third kappa shape index (κ3) is 6.17. The molecule has 0 aromatic rings. The first-order valence-corrected chi connectivity index (χ1v) is 6.31. The van der Waals surface area contributed by atoms with Crippen molar-refractivity contribution in [2.45, 2.75) is 31.2 Å². The first-order chi connectivity index (χ1) is 5.85. The van der Waals surface area contributed by atoms with Gasteiger partial charge < -0.3 is 0 Å². The summed E-state index contributed by atoms with van der Waals surface area (Å²) in [5.41, 5.74) is 3.06. The van der Waals surface area contributed by atoms with Gasteiger partial charge in [0.15, 0.2) is 0 Å².